The highest BCUT2D eigenvalue weighted by molar-refractivity contribution is 5.00. The Hall–Kier alpha value is -0.480. The van der Waals surface area contributed by atoms with Crippen molar-refractivity contribution >= 4 is 0 Å². The van der Waals surface area contributed by atoms with Gasteiger partial charge in [0.1, 0.15) is 0 Å². The number of rotatable bonds is 6. The second-order valence-electron chi connectivity index (χ2n) is 3.20. The maximum absolute atomic E-state index is 3.40. The van der Waals surface area contributed by atoms with E-state index in [1.54, 1.807) is 0 Å². The Balaban J connectivity index is 3.80. The zero-order valence-electron chi connectivity index (χ0n) is 8.82. The first kappa shape index (κ1) is 11.5. The maximum Gasteiger partial charge on any atom is -0.0247 e. The lowest BCUT2D eigenvalue weighted by Crippen LogP contribution is -1.76. The average Bonchev–Trinajstić information content (AvgIpc) is 2.10. The minimum absolute atomic E-state index is 1.16. The van der Waals surface area contributed by atoms with E-state index in [1.807, 2.05) is 0 Å². The predicted molar refractivity (Wildman–Crippen MR) is 56.3 cm³/mol. The molecule has 0 unspecified atom stereocenters. The molecule has 0 heteroatoms. The third kappa shape index (κ3) is 6.24. The fraction of sp³-hybridized carbons (Fsp3) is 0.750. The van der Waals surface area contributed by atoms with E-state index in [1.165, 1.54) is 37.7 Å². The first-order chi connectivity index (χ1) is 5.85. The van der Waals surface area contributed by atoms with Crippen molar-refractivity contribution in [3.63, 3.8) is 0 Å². The third-order valence-electron chi connectivity index (χ3n) is 1.99. The van der Waals surface area contributed by atoms with Gasteiger partial charge in [-0.25, -0.2) is 0 Å². The van der Waals surface area contributed by atoms with Gasteiger partial charge in [-0.1, -0.05) is 33.6 Å². The van der Waals surface area contributed by atoms with E-state index in [-0.39, 0.29) is 0 Å². The normalized spacial score (nSPS) is 9.25. The molecule has 0 aromatic heterocycles. The maximum atomic E-state index is 3.40. The summed E-state index contributed by atoms with van der Waals surface area (Å²) in [5, 5.41) is 0. The first-order valence-corrected chi connectivity index (χ1v) is 5.28. The van der Waals surface area contributed by atoms with Gasteiger partial charge in [0, 0.05) is 0 Å². The van der Waals surface area contributed by atoms with Crippen LogP contribution in [0.1, 0.15) is 59.3 Å². The molecule has 0 rings (SSSR count). The Morgan fingerprint density at radius 2 is 1.92 bits per heavy atom. The fourth-order valence-corrected chi connectivity index (χ4v) is 1.18. The molecule has 0 amide bonds. The van der Waals surface area contributed by atoms with Crippen molar-refractivity contribution in [2.45, 2.75) is 59.3 Å². The number of hydrogen-bond acceptors (Lipinski definition) is 0. The van der Waals surface area contributed by atoms with Crippen LogP contribution in [0.5, 0.6) is 0 Å². The average molecular weight is 166 g/mol. The van der Waals surface area contributed by atoms with E-state index in [0.29, 0.717) is 0 Å². The number of allylic oxidation sites excluding steroid dienone is 1. The topological polar surface area (TPSA) is 0 Å². The first-order valence-electron chi connectivity index (χ1n) is 5.28. The molecule has 0 spiro atoms. The van der Waals surface area contributed by atoms with Crippen molar-refractivity contribution in [2.24, 2.45) is 0 Å². The van der Waals surface area contributed by atoms with Crippen LogP contribution >= 0.6 is 0 Å². The minimum Gasteiger partial charge on any atom is -0.126 e. The summed E-state index contributed by atoms with van der Waals surface area (Å²) in [6.07, 6.45) is 9.62. The van der Waals surface area contributed by atoms with Crippen LogP contribution in [0, 0.1) is 0 Å². The summed E-state index contributed by atoms with van der Waals surface area (Å²) in [6.45, 7) is 6.67. The molecular formula is C12H22. The van der Waals surface area contributed by atoms with E-state index in [2.05, 4.69) is 32.6 Å². The van der Waals surface area contributed by atoms with Gasteiger partial charge in [-0.3, -0.25) is 0 Å². The zero-order chi connectivity index (χ0) is 9.23. The molecule has 70 valence electrons. The van der Waals surface area contributed by atoms with Gasteiger partial charge in [0.25, 0.3) is 0 Å². The molecule has 0 heterocycles. The van der Waals surface area contributed by atoms with Crippen molar-refractivity contribution in [2.75, 3.05) is 0 Å². The highest BCUT2D eigenvalue weighted by Gasteiger charge is 1.88. The van der Waals surface area contributed by atoms with Crippen LogP contribution in [-0.2, 0) is 0 Å². The highest BCUT2D eigenvalue weighted by atomic mass is 13.9. The van der Waals surface area contributed by atoms with Crippen LogP contribution in [0.15, 0.2) is 17.4 Å². The van der Waals surface area contributed by atoms with Crippen molar-refractivity contribution in [1.29, 1.82) is 0 Å². The van der Waals surface area contributed by atoms with Gasteiger partial charge < -0.3 is 0 Å². The Bertz CT molecular complexity index is 147. The van der Waals surface area contributed by atoms with Gasteiger partial charge in [-0.15, -0.1) is 5.73 Å². The van der Waals surface area contributed by atoms with Crippen molar-refractivity contribution in [3.05, 3.63) is 17.4 Å². The summed E-state index contributed by atoms with van der Waals surface area (Å²) >= 11 is 0. The van der Waals surface area contributed by atoms with Gasteiger partial charge in [-0.2, -0.15) is 0 Å². The Morgan fingerprint density at radius 3 is 2.42 bits per heavy atom. The molecular weight excluding hydrogens is 144 g/mol. The van der Waals surface area contributed by atoms with E-state index in [4.69, 9.17) is 0 Å². The van der Waals surface area contributed by atoms with E-state index in [9.17, 15) is 0 Å². The summed E-state index contributed by atoms with van der Waals surface area (Å²) in [5.74, 6) is 0. The van der Waals surface area contributed by atoms with Crippen molar-refractivity contribution in [1.82, 2.24) is 0 Å². The van der Waals surface area contributed by atoms with E-state index >= 15 is 0 Å². The van der Waals surface area contributed by atoms with Crippen LogP contribution in [0.2, 0.25) is 0 Å². The summed E-state index contributed by atoms with van der Waals surface area (Å²) in [5.41, 5.74) is 4.88. The Labute approximate surface area is 77.4 Å². The standard InChI is InChI=1S/C12H22/c1-4-7-8-9-11-12(6-3)10-5-2/h9H,4-8,10H2,1-3H3. The molecule has 0 aliphatic carbocycles. The van der Waals surface area contributed by atoms with Gasteiger partial charge in [-0.05, 0) is 37.3 Å². The molecule has 0 aliphatic heterocycles. The third-order valence-corrected chi connectivity index (χ3v) is 1.99. The summed E-state index contributed by atoms with van der Waals surface area (Å²) in [7, 11) is 0. The molecule has 0 atom stereocenters. The lowest BCUT2D eigenvalue weighted by atomic mass is 10.1. The van der Waals surface area contributed by atoms with E-state index < -0.39 is 0 Å². The largest absolute Gasteiger partial charge is 0.126 e. The molecule has 12 heavy (non-hydrogen) atoms. The molecule has 0 saturated carbocycles. The summed E-state index contributed by atoms with van der Waals surface area (Å²) in [4.78, 5) is 0. The van der Waals surface area contributed by atoms with Crippen molar-refractivity contribution < 1.29 is 0 Å². The molecule has 0 aromatic carbocycles. The minimum atomic E-state index is 1.16. The molecule has 0 radical (unpaired) electrons. The molecule has 0 fully saturated rings. The Kier molecular flexibility index (Phi) is 8.27. The van der Waals surface area contributed by atoms with Crippen LogP contribution in [0.3, 0.4) is 0 Å². The van der Waals surface area contributed by atoms with Gasteiger partial charge in [0.15, 0.2) is 0 Å². The van der Waals surface area contributed by atoms with Crippen LogP contribution in [0.4, 0.5) is 0 Å². The highest BCUT2D eigenvalue weighted by Crippen LogP contribution is 2.07. The zero-order valence-corrected chi connectivity index (χ0v) is 8.82. The second-order valence-corrected chi connectivity index (χ2v) is 3.20. The molecule has 0 bridgehead atoms. The lowest BCUT2D eigenvalue weighted by Gasteiger charge is -1.95. The van der Waals surface area contributed by atoms with Crippen molar-refractivity contribution in [3.8, 4) is 0 Å². The lowest BCUT2D eigenvalue weighted by molar-refractivity contribution is 0.812. The molecule has 0 aromatic rings. The summed E-state index contributed by atoms with van der Waals surface area (Å²) in [6, 6.07) is 0. The van der Waals surface area contributed by atoms with Crippen LogP contribution in [0.25, 0.3) is 0 Å². The van der Waals surface area contributed by atoms with Gasteiger partial charge in [0.05, 0.1) is 0 Å². The SMILES string of the molecule is CCCCC=C=C(CC)CCC. The fourth-order valence-electron chi connectivity index (χ4n) is 1.18. The predicted octanol–water partition coefficient (Wildman–Crippen LogP) is 4.47. The van der Waals surface area contributed by atoms with Gasteiger partial charge in [0.2, 0.25) is 0 Å². The smallest absolute Gasteiger partial charge is 0.0247 e. The quantitative estimate of drug-likeness (QED) is 0.403. The molecule has 0 saturated heterocycles. The van der Waals surface area contributed by atoms with Crippen LogP contribution < -0.4 is 0 Å². The van der Waals surface area contributed by atoms with E-state index in [0.717, 1.165) is 6.42 Å². The van der Waals surface area contributed by atoms with Crippen LogP contribution in [-0.4, -0.2) is 0 Å². The Morgan fingerprint density at radius 1 is 1.17 bits per heavy atom. The monoisotopic (exact) mass is 166 g/mol. The van der Waals surface area contributed by atoms with Gasteiger partial charge >= 0.3 is 0 Å². The second kappa shape index (κ2) is 8.62. The summed E-state index contributed by atoms with van der Waals surface area (Å²) < 4.78 is 0. The molecule has 0 nitrogen and oxygen atoms in total. The molecule has 0 N–H and O–H groups in total. The molecule has 0 aliphatic rings. The number of hydrogen-bond donors (Lipinski definition) is 0. The number of unbranched alkanes of at least 4 members (excludes halogenated alkanes) is 2.